The third-order valence-corrected chi connectivity index (χ3v) is 3.82. The fourth-order valence-corrected chi connectivity index (χ4v) is 2.13. The number of hydrogen-bond acceptors (Lipinski definition) is 4. The zero-order chi connectivity index (χ0) is 15.5. The number of primary amides is 1. The number of carbonyl (C=O) groups is 1. The van der Waals surface area contributed by atoms with E-state index in [1.165, 1.54) is 12.1 Å². The second-order valence-electron chi connectivity index (χ2n) is 5.01. The molecule has 0 heterocycles. The van der Waals surface area contributed by atoms with Gasteiger partial charge in [0.25, 0.3) is 0 Å². The molecule has 0 bridgehead atoms. The van der Waals surface area contributed by atoms with Crippen molar-refractivity contribution in [1.29, 1.82) is 0 Å². The van der Waals surface area contributed by atoms with Crippen LogP contribution in [-0.2, 0) is 14.8 Å². The molecule has 0 aromatic heterocycles. The van der Waals surface area contributed by atoms with Gasteiger partial charge in [-0.1, -0.05) is 20.8 Å². The Morgan fingerprint density at radius 2 is 1.90 bits per heavy atom. The van der Waals surface area contributed by atoms with E-state index < -0.39 is 21.8 Å². The molecule has 0 saturated heterocycles. The van der Waals surface area contributed by atoms with Crippen LogP contribution in [0.5, 0.6) is 5.75 Å². The number of ether oxygens (including phenoxy) is 1. The van der Waals surface area contributed by atoms with E-state index in [1.807, 2.05) is 13.8 Å². The fourth-order valence-electron chi connectivity index (χ4n) is 1.58. The number of benzene rings is 1. The van der Waals surface area contributed by atoms with Crippen LogP contribution < -0.4 is 15.6 Å². The number of primary sulfonamides is 1. The van der Waals surface area contributed by atoms with Gasteiger partial charge in [-0.15, -0.1) is 0 Å². The van der Waals surface area contributed by atoms with Gasteiger partial charge >= 0.3 is 0 Å². The molecular weight excluding hydrogens is 280 g/mol. The minimum Gasteiger partial charge on any atom is -0.492 e. The third kappa shape index (κ3) is 4.21. The molecule has 112 valence electrons. The van der Waals surface area contributed by atoms with Crippen molar-refractivity contribution in [3.63, 3.8) is 0 Å². The molecule has 0 radical (unpaired) electrons. The molecule has 1 unspecified atom stereocenters. The lowest BCUT2D eigenvalue weighted by atomic mass is 10.0. The summed E-state index contributed by atoms with van der Waals surface area (Å²) in [5.74, 6) is -0.290. The van der Waals surface area contributed by atoms with Crippen LogP contribution in [0.2, 0.25) is 0 Å². The van der Waals surface area contributed by atoms with E-state index in [1.54, 1.807) is 13.0 Å². The zero-order valence-corrected chi connectivity index (χ0v) is 12.6. The van der Waals surface area contributed by atoms with Crippen molar-refractivity contribution in [2.45, 2.75) is 31.6 Å². The molecule has 1 aromatic rings. The standard InChI is InChI=1S/C13H20N2O4S/c1-8(2)11-6-10(20(15,17)18)4-5-12(11)19-7-9(3)13(14)16/h4-6,8-9H,7H2,1-3H3,(H2,14,16)(H2,15,17,18). The van der Waals surface area contributed by atoms with Crippen molar-refractivity contribution in [2.75, 3.05) is 6.61 Å². The largest absolute Gasteiger partial charge is 0.492 e. The van der Waals surface area contributed by atoms with Gasteiger partial charge in [-0.3, -0.25) is 4.79 Å². The highest BCUT2D eigenvalue weighted by Gasteiger charge is 2.16. The molecule has 0 fully saturated rings. The lowest BCUT2D eigenvalue weighted by Gasteiger charge is -2.16. The molecule has 4 N–H and O–H groups in total. The van der Waals surface area contributed by atoms with Crippen molar-refractivity contribution >= 4 is 15.9 Å². The summed E-state index contributed by atoms with van der Waals surface area (Å²) in [6.45, 7) is 5.62. The molecule has 0 aliphatic heterocycles. The molecule has 0 saturated carbocycles. The van der Waals surface area contributed by atoms with Crippen LogP contribution >= 0.6 is 0 Å². The van der Waals surface area contributed by atoms with E-state index in [0.717, 1.165) is 0 Å². The highest BCUT2D eigenvalue weighted by atomic mass is 32.2. The number of sulfonamides is 1. The van der Waals surface area contributed by atoms with Crippen LogP contribution in [0.1, 0.15) is 32.3 Å². The Balaban J connectivity index is 3.05. The third-order valence-electron chi connectivity index (χ3n) is 2.91. The summed E-state index contributed by atoms with van der Waals surface area (Å²) in [6, 6.07) is 4.42. The molecule has 0 aliphatic rings. The van der Waals surface area contributed by atoms with Crippen LogP contribution in [0.3, 0.4) is 0 Å². The van der Waals surface area contributed by atoms with E-state index in [4.69, 9.17) is 15.6 Å². The highest BCUT2D eigenvalue weighted by Crippen LogP contribution is 2.29. The van der Waals surface area contributed by atoms with Crippen LogP contribution in [0.25, 0.3) is 0 Å². The van der Waals surface area contributed by atoms with Gasteiger partial charge in [0.15, 0.2) is 0 Å². The second-order valence-corrected chi connectivity index (χ2v) is 6.58. The summed E-state index contributed by atoms with van der Waals surface area (Å²) in [5.41, 5.74) is 5.88. The molecule has 1 amide bonds. The van der Waals surface area contributed by atoms with Gasteiger partial charge in [0.05, 0.1) is 17.4 Å². The molecule has 20 heavy (non-hydrogen) atoms. The average Bonchev–Trinajstić information content (AvgIpc) is 2.34. The molecule has 0 aliphatic carbocycles. The van der Waals surface area contributed by atoms with Gasteiger partial charge in [-0.2, -0.15) is 0 Å². The maximum Gasteiger partial charge on any atom is 0.238 e. The van der Waals surface area contributed by atoms with Gasteiger partial charge in [0.1, 0.15) is 5.75 Å². The molecule has 7 heteroatoms. The maximum absolute atomic E-state index is 11.4. The van der Waals surface area contributed by atoms with Crippen molar-refractivity contribution in [3.05, 3.63) is 23.8 Å². The van der Waals surface area contributed by atoms with Gasteiger partial charge in [0.2, 0.25) is 15.9 Å². The Morgan fingerprint density at radius 1 is 1.30 bits per heavy atom. The van der Waals surface area contributed by atoms with Gasteiger partial charge < -0.3 is 10.5 Å². The minimum absolute atomic E-state index is 0.0384. The smallest absolute Gasteiger partial charge is 0.238 e. The molecule has 1 atom stereocenters. The highest BCUT2D eigenvalue weighted by molar-refractivity contribution is 7.89. The first kappa shape index (κ1) is 16.5. The Kier molecular flexibility index (Phi) is 5.13. The lowest BCUT2D eigenvalue weighted by molar-refractivity contribution is -0.122. The van der Waals surface area contributed by atoms with E-state index in [2.05, 4.69) is 0 Å². The Morgan fingerprint density at radius 3 is 2.35 bits per heavy atom. The summed E-state index contributed by atoms with van der Waals surface area (Å²) >= 11 is 0. The zero-order valence-electron chi connectivity index (χ0n) is 11.8. The number of rotatable bonds is 6. The molecular formula is C13H20N2O4S. The molecule has 1 aromatic carbocycles. The fraction of sp³-hybridized carbons (Fsp3) is 0.462. The first-order valence-electron chi connectivity index (χ1n) is 6.21. The van der Waals surface area contributed by atoms with Crippen LogP contribution in [0.15, 0.2) is 23.1 Å². The van der Waals surface area contributed by atoms with E-state index >= 15 is 0 Å². The van der Waals surface area contributed by atoms with E-state index in [9.17, 15) is 13.2 Å². The van der Waals surface area contributed by atoms with Gasteiger partial charge in [-0.25, -0.2) is 13.6 Å². The van der Waals surface area contributed by atoms with Crippen LogP contribution in [0.4, 0.5) is 0 Å². The predicted octanol–water partition coefficient (Wildman–Crippen LogP) is 0.958. The normalized spacial score (nSPS) is 13.2. The number of amides is 1. The Hall–Kier alpha value is -1.60. The number of nitrogens with two attached hydrogens (primary N) is 2. The van der Waals surface area contributed by atoms with Gasteiger partial charge in [-0.05, 0) is 29.7 Å². The lowest BCUT2D eigenvalue weighted by Crippen LogP contribution is -2.26. The summed E-state index contributed by atoms with van der Waals surface area (Å²) < 4.78 is 28.3. The monoisotopic (exact) mass is 300 g/mol. The molecule has 0 spiro atoms. The first-order valence-corrected chi connectivity index (χ1v) is 7.76. The van der Waals surface area contributed by atoms with Crippen molar-refractivity contribution in [1.82, 2.24) is 0 Å². The minimum atomic E-state index is -3.75. The van der Waals surface area contributed by atoms with Crippen LogP contribution in [0, 0.1) is 5.92 Å². The summed E-state index contributed by atoms with van der Waals surface area (Å²) in [4.78, 5) is 11.0. The molecule has 6 nitrogen and oxygen atoms in total. The van der Waals surface area contributed by atoms with Crippen molar-refractivity contribution in [2.24, 2.45) is 16.8 Å². The maximum atomic E-state index is 11.4. The SMILES string of the molecule is CC(COc1ccc(S(N)(=O)=O)cc1C(C)C)C(N)=O. The number of hydrogen-bond donors (Lipinski definition) is 2. The van der Waals surface area contributed by atoms with E-state index in [-0.39, 0.29) is 17.4 Å². The average molecular weight is 300 g/mol. The quantitative estimate of drug-likeness (QED) is 0.814. The second kappa shape index (κ2) is 6.23. The Labute approximate surface area is 119 Å². The number of carbonyl (C=O) groups excluding carboxylic acids is 1. The summed E-state index contributed by atoms with van der Waals surface area (Å²) in [7, 11) is -3.75. The van der Waals surface area contributed by atoms with Crippen molar-refractivity contribution in [3.8, 4) is 5.75 Å². The topological polar surface area (TPSA) is 112 Å². The van der Waals surface area contributed by atoms with Gasteiger partial charge in [0, 0.05) is 0 Å². The summed E-state index contributed by atoms with van der Waals surface area (Å²) in [5, 5.41) is 5.11. The summed E-state index contributed by atoms with van der Waals surface area (Å²) in [6.07, 6.45) is 0. The molecule has 1 rings (SSSR count). The van der Waals surface area contributed by atoms with E-state index in [0.29, 0.717) is 11.3 Å². The van der Waals surface area contributed by atoms with Crippen LogP contribution in [-0.4, -0.2) is 20.9 Å². The van der Waals surface area contributed by atoms with Crippen molar-refractivity contribution < 1.29 is 17.9 Å². The first-order chi connectivity index (χ1) is 9.12. The Bertz CT molecular complexity index is 596. The predicted molar refractivity (Wildman–Crippen MR) is 75.8 cm³/mol.